The van der Waals surface area contributed by atoms with Crippen LogP contribution in [0.15, 0.2) is 0 Å². The van der Waals surface area contributed by atoms with Crippen LogP contribution in [0.3, 0.4) is 0 Å². The average Bonchev–Trinajstić information content (AvgIpc) is 3.05. The van der Waals surface area contributed by atoms with E-state index in [9.17, 15) is 14.4 Å². The van der Waals surface area contributed by atoms with Crippen LogP contribution in [0.25, 0.3) is 0 Å². The molecule has 0 saturated carbocycles. The van der Waals surface area contributed by atoms with E-state index in [0.29, 0.717) is 0 Å². The number of nitrogens with zero attached hydrogens (tertiary/aromatic N) is 2. The number of ether oxygens (including phenoxy) is 1. The Hall–Kier alpha value is 0.282. The van der Waals surface area contributed by atoms with Crippen molar-refractivity contribution in [1.29, 1.82) is 5.26 Å². The number of halogens is 2. The van der Waals surface area contributed by atoms with Crippen molar-refractivity contribution in [3.63, 3.8) is 0 Å². The molecule has 0 spiro atoms. The molecule has 0 bridgehead atoms. The standard InChI is InChI=1S/C28H58BF2N2O7P3Si/c1-14-37-43(11,35)19-16-27(20-28(30,31)42(9,10)34)24(23(25(29)38-27)40-44(12,13)26(6,7)8)39-41(36-18-15-17-32)33(21(2)3)22(4)5/h21-25H,14-16,18-20,29H2,1-13H3/t23?,24-,25-,27-,41?,43?/m1/s1. The van der Waals surface area contributed by atoms with Gasteiger partial charge in [0.05, 0.1) is 44.2 Å². The minimum atomic E-state index is -3.95. The van der Waals surface area contributed by atoms with Gasteiger partial charge in [0.15, 0.2) is 15.7 Å². The second kappa shape index (κ2) is 16.1. The van der Waals surface area contributed by atoms with Gasteiger partial charge < -0.3 is 27.3 Å². The Morgan fingerprint density at radius 3 is 2.11 bits per heavy atom. The molecule has 1 fully saturated rings. The molecule has 9 nitrogen and oxygen atoms in total. The maximum absolute atomic E-state index is 15.9. The van der Waals surface area contributed by atoms with Crippen LogP contribution in [0.5, 0.6) is 0 Å². The van der Waals surface area contributed by atoms with Gasteiger partial charge >= 0.3 is 0 Å². The molecular formula is C28H58BF2N2O7P3Si. The van der Waals surface area contributed by atoms with Gasteiger partial charge in [-0.25, -0.2) is 4.67 Å². The maximum atomic E-state index is 15.9. The third kappa shape index (κ3) is 11.2. The van der Waals surface area contributed by atoms with Gasteiger partial charge in [0, 0.05) is 24.9 Å². The third-order valence-electron chi connectivity index (χ3n) is 8.45. The summed E-state index contributed by atoms with van der Waals surface area (Å²) in [5.41, 5.74) is -5.33. The zero-order valence-corrected chi connectivity index (χ0v) is 33.2. The molecule has 0 aromatic heterocycles. The Kier molecular flexibility index (Phi) is 15.5. The summed E-state index contributed by atoms with van der Waals surface area (Å²) in [4.78, 5) is 0. The van der Waals surface area contributed by atoms with Gasteiger partial charge in [-0.2, -0.15) is 14.0 Å². The van der Waals surface area contributed by atoms with Gasteiger partial charge in [0.2, 0.25) is 0 Å². The fourth-order valence-corrected chi connectivity index (χ4v) is 10.3. The summed E-state index contributed by atoms with van der Waals surface area (Å²) in [6.45, 7) is 24.0. The van der Waals surface area contributed by atoms with Crippen molar-refractivity contribution in [2.24, 2.45) is 0 Å². The molecule has 1 aliphatic heterocycles. The minimum absolute atomic E-state index is 0.0423. The van der Waals surface area contributed by atoms with Gasteiger partial charge in [0.25, 0.3) is 14.2 Å². The highest BCUT2D eigenvalue weighted by molar-refractivity contribution is 7.63. The summed E-state index contributed by atoms with van der Waals surface area (Å²) in [5.74, 6) is 0. The Labute approximate surface area is 269 Å². The molecule has 44 heavy (non-hydrogen) atoms. The summed E-state index contributed by atoms with van der Waals surface area (Å²) < 4.78 is 92.3. The Bertz CT molecular complexity index is 1060. The first kappa shape index (κ1) is 42.3. The molecule has 258 valence electrons. The van der Waals surface area contributed by atoms with Crippen LogP contribution in [-0.2, 0) is 31.9 Å². The van der Waals surface area contributed by atoms with E-state index in [1.165, 1.54) is 6.66 Å². The summed E-state index contributed by atoms with van der Waals surface area (Å²) in [6, 6.07) is 1.32. The summed E-state index contributed by atoms with van der Waals surface area (Å²) in [5, 5.41) is 9.01. The van der Waals surface area contributed by atoms with Gasteiger partial charge in [-0.3, -0.25) is 4.57 Å². The van der Waals surface area contributed by atoms with Crippen LogP contribution in [0.4, 0.5) is 8.78 Å². The summed E-state index contributed by atoms with van der Waals surface area (Å²) in [6.07, 6.45) is -2.77. The fraction of sp³-hybridized carbons (Fsp3) is 0.964. The van der Waals surface area contributed by atoms with Crippen LogP contribution in [0, 0.1) is 11.3 Å². The molecule has 3 unspecified atom stereocenters. The number of nitriles is 1. The topological polar surface area (TPSA) is 107 Å². The second-order valence-electron chi connectivity index (χ2n) is 14.4. The number of hydrogen-bond acceptors (Lipinski definition) is 9. The first-order chi connectivity index (χ1) is 19.8. The first-order valence-electron chi connectivity index (χ1n) is 15.5. The van der Waals surface area contributed by atoms with E-state index in [4.69, 9.17) is 22.7 Å². The van der Waals surface area contributed by atoms with Gasteiger partial charge in [-0.1, -0.05) is 20.8 Å². The Morgan fingerprint density at radius 2 is 1.68 bits per heavy atom. The van der Waals surface area contributed by atoms with Crippen molar-refractivity contribution >= 4 is 39.2 Å². The van der Waals surface area contributed by atoms with Crippen molar-refractivity contribution in [1.82, 2.24) is 4.67 Å². The molecule has 16 heteroatoms. The van der Waals surface area contributed by atoms with E-state index in [2.05, 4.69) is 39.9 Å². The van der Waals surface area contributed by atoms with E-state index in [0.717, 1.165) is 13.3 Å². The molecule has 0 radical (unpaired) electrons. The van der Waals surface area contributed by atoms with Gasteiger partial charge in [-0.05, 0) is 72.5 Å². The smallest absolute Gasteiger partial charge is 0.300 e. The molecule has 0 N–H and O–H groups in total. The van der Waals surface area contributed by atoms with E-state index in [1.54, 1.807) is 14.8 Å². The van der Waals surface area contributed by atoms with Crippen LogP contribution in [-0.4, -0.2) is 102 Å². The molecule has 1 aliphatic rings. The monoisotopic (exact) mass is 704 g/mol. The summed E-state index contributed by atoms with van der Waals surface area (Å²) >= 11 is 0. The van der Waals surface area contributed by atoms with Crippen molar-refractivity contribution in [3.05, 3.63) is 0 Å². The van der Waals surface area contributed by atoms with E-state index in [1.807, 2.05) is 32.4 Å². The highest BCUT2D eigenvalue weighted by atomic mass is 31.2. The molecule has 1 saturated heterocycles. The molecule has 6 atom stereocenters. The molecule has 0 amide bonds. The highest BCUT2D eigenvalue weighted by Crippen LogP contribution is 2.62. The number of rotatable bonds is 18. The van der Waals surface area contributed by atoms with Crippen molar-refractivity contribution < 1.29 is 40.6 Å². The molecule has 1 rings (SSSR count). The van der Waals surface area contributed by atoms with Crippen LogP contribution >= 0.6 is 23.0 Å². The van der Waals surface area contributed by atoms with E-state index < -0.39 is 67.3 Å². The normalized spacial score (nSPS) is 25.9. The molecule has 1 heterocycles. The van der Waals surface area contributed by atoms with Gasteiger partial charge in [-0.15, -0.1) is 0 Å². The molecule has 0 aromatic carbocycles. The minimum Gasteiger partial charge on any atom is -0.409 e. The van der Waals surface area contributed by atoms with Crippen molar-refractivity contribution in [2.75, 3.05) is 39.4 Å². The predicted molar refractivity (Wildman–Crippen MR) is 182 cm³/mol. The lowest BCUT2D eigenvalue weighted by Crippen LogP contribution is -2.53. The lowest BCUT2D eigenvalue weighted by Gasteiger charge is -2.45. The number of alkyl halides is 2. The van der Waals surface area contributed by atoms with Gasteiger partial charge in [0.1, 0.15) is 26.7 Å². The van der Waals surface area contributed by atoms with Crippen molar-refractivity contribution in [2.45, 2.75) is 134 Å². The predicted octanol–water partition coefficient (Wildman–Crippen LogP) is 7.71. The zero-order valence-electron chi connectivity index (χ0n) is 29.5. The fourth-order valence-electron chi connectivity index (χ4n) is 4.98. The summed E-state index contributed by atoms with van der Waals surface area (Å²) in [7, 11) is -9.76. The Balaban J connectivity index is 3.96. The molecular weight excluding hydrogens is 646 g/mol. The number of hydrogen-bond donors (Lipinski definition) is 0. The Morgan fingerprint density at radius 1 is 1.14 bits per heavy atom. The highest BCUT2D eigenvalue weighted by Gasteiger charge is 2.63. The third-order valence-corrected chi connectivity index (χ3v) is 18.6. The molecule has 0 aliphatic carbocycles. The van der Waals surface area contributed by atoms with Crippen LogP contribution < -0.4 is 0 Å². The van der Waals surface area contributed by atoms with Crippen LogP contribution in [0.2, 0.25) is 18.1 Å². The van der Waals surface area contributed by atoms with Crippen molar-refractivity contribution in [3.8, 4) is 6.07 Å². The molecule has 0 aromatic rings. The average molecular weight is 705 g/mol. The largest absolute Gasteiger partial charge is 0.409 e. The van der Waals surface area contributed by atoms with Crippen LogP contribution in [0.1, 0.15) is 74.7 Å². The second-order valence-corrected chi connectivity index (χ2v) is 26.7. The lowest BCUT2D eigenvalue weighted by atomic mass is 9.86. The van der Waals surface area contributed by atoms with E-state index in [-0.39, 0.29) is 49.3 Å². The first-order valence-corrected chi connectivity index (χ1v) is 24.4. The maximum Gasteiger partial charge on any atom is 0.300 e. The SMILES string of the molecule is B[C@@H]1O[C@](CCP(C)(=O)OCC)(CC(F)(F)P(C)(C)=O)[C@H](OP(OCCC#N)N(C(C)C)C(C)C)C1O[Si](C)(C)C(C)(C)C. The quantitative estimate of drug-likeness (QED) is 0.0806. The zero-order chi connectivity index (χ0) is 34.5. The van der Waals surface area contributed by atoms with E-state index >= 15 is 8.78 Å². The lowest BCUT2D eigenvalue weighted by molar-refractivity contribution is -0.108.